The second-order valence-electron chi connectivity index (χ2n) is 6.83. The van der Waals surface area contributed by atoms with E-state index < -0.39 is 21.6 Å². The minimum atomic E-state index is -4.09. The van der Waals surface area contributed by atoms with Gasteiger partial charge in [0.05, 0.1) is 21.8 Å². The maximum atomic E-state index is 13.1. The number of anilines is 1. The summed E-state index contributed by atoms with van der Waals surface area (Å²) in [7, 11) is -2.39. The van der Waals surface area contributed by atoms with Gasteiger partial charge in [-0.3, -0.25) is 14.2 Å². The summed E-state index contributed by atoms with van der Waals surface area (Å²) in [6, 6.07) is 13.7. The topological polar surface area (TPSA) is 110 Å². The number of rotatable bonds is 6. The largest absolute Gasteiger partial charge is 0.478 e. The summed E-state index contributed by atoms with van der Waals surface area (Å²) in [4.78, 5) is 24.0. The summed E-state index contributed by atoms with van der Waals surface area (Å²) in [5, 5.41) is 8.98. The lowest BCUT2D eigenvalue weighted by atomic mass is 10.1. The summed E-state index contributed by atoms with van der Waals surface area (Å²) < 4.78 is 31.1. The molecule has 2 N–H and O–H groups in total. The Morgan fingerprint density at radius 1 is 1.03 bits per heavy atom. The monoisotopic (exact) mass is 415 g/mol. The van der Waals surface area contributed by atoms with E-state index in [9.17, 15) is 18.0 Å². The van der Waals surface area contributed by atoms with Crippen molar-refractivity contribution in [3.8, 4) is 5.69 Å². The molecule has 2 aromatic carbocycles. The molecule has 152 valence electrons. The van der Waals surface area contributed by atoms with Gasteiger partial charge in [-0.05, 0) is 42.3 Å². The van der Waals surface area contributed by atoms with Crippen molar-refractivity contribution in [3.05, 3.63) is 76.2 Å². The summed E-state index contributed by atoms with van der Waals surface area (Å²) in [5.41, 5.74) is 0.586. The number of hydrogen-bond acceptors (Lipinski definition) is 4. The first-order valence-corrected chi connectivity index (χ1v) is 10.4. The second-order valence-corrected chi connectivity index (χ2v) is 8.51. The van der Waals surface area contributed by atoms with E-state index in [1.807, 2.05) is 19.9 Å². The van der Waals surface area contributed by atoms with Crippen molar-refractivity contribution < 1.29 is 18.3 Å². The molecule has 0 radical (unpaired) electrons. The Morgan fingerprint density at radius 2 is 1.62 bits per heavy atom. The molecule has 9 heteroatoms. The minimum Gasteiger partial charge on any atom is -0.478 e. The normalized spacial score (nSPS) is 11.6. The second kappa shape index (κ2) is 7.59. The number of para-hydroxylation sites is 1. The van der Waals surface area contributed by atoms with Crippen molar-refractivity contribution in [1.29, 1.82) is 0 Å². The molecule has 0 saturated heterocycles. The fourth-order valence-corrected chi connectivity index (χ4v) is 4.28. The van der Waals surface area contributed by atoms with Crippen LogP contribution in [0.4, 0.5) is 5.69 Å². The third-order valence-electron chi connectivity index (χ3n) is 4.51. The molecule has 0 saturated carbocycles. The van der Waals surface area contributed by atoms with Gasteiger partial charge in [-0.25, -0.2) is 17.9 Å². The van der Waals surface area contributed by atoms with Crippen LogP contribution in [-0.4, -0.2) is 28.9 Å². The molecule has 0 fully saturated rings. The van der Waals surface area contributed by atoms with Crippen LogP contribution >= 0.6 is 0 Å². The number of carboxylic acid groups (broad SMARTS) is 1. The number of sulfonamides is 1. The van der Waals surface area contributed by atoms with Gasteiger partial charge in [-0.2, -0.15) is 0 Å². The zero-order valence-electron chi connectivity index (χ0n) is 16.2. The van der Waals surface area contributed by atoms with Crippen LogP contribution in [0.1, 0.15) is 35.8 Å². The van der Waals surface area contributed by atoms with Crippen molar-refractivity contribution in [3.63, 3.8) is 0 Å². The van der Waals surface area contributed by atoms with Gasteiger partial charge in [0.2, 0.25) is 0 Å². The summed E-state index contributed by atoms with van der Waals surface area (Å²) >= 11 is 0. The maximum Gasteiger partial charge on any atom is 0.335 e. The first kappa shape index (κ1) is 20.4. The molecule has 0 atom stereocenters. The van der Waals surface area contributed by atoms with Crippen LogP contribution in [0.15, 0.2) is 64.3 Å². The van der Waals surface area contributed by atoms with Gasteiger partial charge in [-0.15, -0.1) is 0 Å². The van der Waals surface area contributed by atoms with Crippen LogP contribution < -0.4 is 10.3 Å². The minimum absolute atomic E-state index is 0.0297. The van der Waals surface area contributed by atoms with E-state index in [4.69, 9.17) is 5.11 Å². The Hall–Kier alpha value is -3.33. The average Bonchev–Trinajstić information content (AvgIpc) is 2.92. The van der Waals surface area contributed by atoms with Crippen LogP contribution in [0.3, 0.4) is 0 Å². The Bertz CT molecular complexity index is 1210. The lowest BCUT2D eigenvalue weighted by Crippen LogP contribution is -2.23. The number of hydrogen-bond donors (Lipinski definition) is 2. The number of aromatic nitrogens is 2. The van der Waals surface area contributed by atoms with Gasteiger partial charge in [-0.1, -0.05) is 32.0 Å². The predicted octanol–water partition coefficient (Wildman–Crippen LogP) is 2.80. The van der Waals surface area contributed by atoms with Crippen molar-refractivity contribution in [2.24, 2.45) is 7.05 Å². The van der Waals surface area contributed by atoms with E-state index in [0.717, 1.165) is 0 Å². The molecular formula is C20H21N3O5S. The van der Waals surface area contributed by atoms with Gasteiger partial charge in [0.25, 0.3) is 15.6 Å². The van der Waals surface area contributed by atoms with Gasteiger partial charge < -0.3 is 5.11 Å². The van der Waals surface area contributed by atoms with Crippen molar-refractivity contribution in [1.82, 2.24) is 9.36 Å². The molecule has 29 heavy (non-hydrogen) atoms. The summed E-state index contributed by atoms with van der Waals surface area (Å²) in [6.45, 7) is 3.73. The first-order valence-electron chi connectivity index (χ1n) is 8.87. The third-order valence-corrected chi connectivity index (χ3v) is 5.87. The highest BCUT2D eigenvalue weighted by molar-refractivity contribution is 7.92. The molecule has 0 amide bonds. The van der Waals surface area contributed by atoms with E-state index in [1.165, 1.54) is 28.9 Å². The number of carboxylic acids is 1. The fraction of sp³-hybridized carbons (Fsp3) is 0.200. The molecule has 1 heterocycles. The third kappa shape index (κ3) is 3.81. The Balaban J connectivity index is 2.11. The summed E-state index contributed by atoms with van der Waals surface area (Å²) in [6.07, 6.45) is 0. The maximum absolute atomic E-state index is 13.1. The first-order chi connectivity index (χ1) is 13.6. The number of nitrogens with zero attached hydrogens (tertiary/aromatic N) is 2. The van der Waals surface area contributed by atoms with E-state index in [-0.39, 0.29) is 22.1 Å². The molecule has 0 bridgehead atoms. The van der Waals surface area contributed by atoms with Crippen LogP contribution in [0.2, 0.25) is 0 Å². The van der Waals surface area contributed by atoms with E-state index in [1.54, 1.807) is 36.0 Å². The molecule has 0 spiro atoms. The molecule has 8 nitrogen and oxygen atoms in total. The lowest BCUT2D eigenvalue weighted by Gasteiger charge is -2.13. The van der Waals surface area contributed by atoms with Gasteiger partial charge in [0.1, 0.15) is 5.69 Å². The molecule has 0 unspecified atom stereocenters. The molecule has 3 rings (SSSR count). The SMILES string of the molecule is CC(C)c1c(NS(=O)(=O)c2ccc(C(=O)O)cc2)c(=O)n(-c2ccccc2)n1C. The number of aromatic carboxylic acids is 1. The van der Waals surface area contributed by atoms with Crippen molar-refractivity contribution in [2.75, 3.05) is 4.72 Å². The van der Waals surface area contributed by atoms with E-state index in [2.05, 4.69) is 4.72 Å². The molecule has 0 aliphatic carbocycles. The number of nitrogens with one attached hydrogen (secondary N) is 1. The smallest absolute Gasteiger partial charge is 0.335 e. The number of carbonyl (C=O) groups is 1. The standard InChI is InChI=1S/C20H21N3O5S/c1-13(2)18-17(19(24)23(22(18)3)15-7-5-4-6-8-15)21-29(27,28)16-11-9-14(10-12-16)20(25)26/h4-13,21H,1-3H3,(H,25,26). The van der Waals surface area contributed by atoms with Gasteiger partial charge >= 0.3 is 5.97 Å². The van der Waals surface area contributed by atoms with E-state index in [0.29, 0.717) is 11.4 Å². The molecule has 1 aromatic heterocycles. The van der Waals surface area contributed by atoms with E-state index >= 15 is 0 Å². The quantitative estimate of drug-likeness (QED) is 0.643. The Kier molecular flexibility index (Phi) is 5.34. The fourth-order valence-electron chi connectivity index (χ4n) is 3.21. The highest BCUT2D eigenvalue weighted by atomic mass is 32.2. The Labute approximate surface area is 168 Å². The van der Waals surface area contributed by atoms with Crippen LogP contribution in [0, 0.1) is 0 Å². The van der Waals surface area contributed by atoms with Crippen molar-refractivity contribution in [2.45, 2.75) is 24.7 Å². The van der Waals surface area contributed by atoms with Gasteiger partial charge in [0, 0.05) is 7.05 Å². The highest BCUT2D eigenvalue weighted by Crippen LogP contribution is 2.25. The number of benzene rings is 2. The zero-order chi connectivity index (χ0) is 21.3. The highest BCUT2D eigenvalue weighted by Gasteiger charge is 2.26. The van der Waals surface area contributed by atoms with Gasteiger partial charge in [0.15, 0.2) is 0 Å². The Morgan fingerprint density at radius 3 is 2.14 bits per heavy atom. The zero-order valence-corrected chi connectivity index (χ0v) is 17.0. The summed E-state index contributed by atoms with van der Waals surface area (Å²) in [5.74, 6) is -1.29. The average molecular weight is 415 g/mol. The molecule has 3 aromatic rings. The van der Waals surface area contributed by atoms with Crippen LogP contribution in [0.25, 0.3) is 5.69 Å². The lowest BCUT2D eigenvalue weighted by molar-refractivity contribution is 0.0696. The molecule has 0 aliphatic rings. The molecular weight excluding hydrogens is 394 g/mol. The van der Waals surface area contributed by atoms with Crippen LogP contribution in [-0.2, 0) is 17.1 Å². The van der Waals surface area contributed by atoms with Crippen molar-refractivity contribution >= 4 is 21.7 Å². The van der Waals surface area contributed by atoms with Crippen LogP contribution in [0.5, 0.6) is 0 Å². The predicted molar refractivity (Wildman–Crippen MR) is 109 cm³/mol. The molecule has 0 aliphatic heterocycles.